The smallest absolute Gasteiger partial charge is 0.240 e. The number of nitrogens with one attached hydrogen (secondary N) is 2. The van der Waals surface area contributed by atoms with Gasteiger partial charge in [-0.25, -0.2) is 10.9 Å². The van der Waals surface area contributed by atoms with Gasteiger partial charge in [0.2, 0.25) is 11.8 Å². The third-order valence-corrected chi connectivity index (χ3v) is 4.10. The lowest BCUT2D eigenvalue weighted by Crippen LogP contribution is -2.19. The summed E-state index contributed by atoms with van der Waals surface area (Å²) in [5, 5.41) is 7.84. The molecule has 0 bridgehead atoms. The predicted octanol–water partition coefficient (Wildman–Crippen LogP) is 2.86. The molecule has 30 heavy (non-hydrogen) atoms. The summed E-state index contributed by atoms with van der Waals surface area (Å²) < 4.78 is 10.2. The van der Waals surface area contributed by atoms with E-state index in [1.165, 1.54) is 0 Å². The molecule has 0 atom stereocenters. The molecule has 0 saturated heterocycles. The van der Waals surface area contributed by atoms with Crippen molar-refractivity contribution in [3.63, 3.8) is 0 Å². The Labute approximate surface area is 176 Å². The summed E-state index contributed by atoms with van der Waals surface area (Å²) in [4.78, 5) is 23.6. The molecule has 158 valence electrons. The minimum absolute atomic E-state index is 0.197. The van der Waals surface area contributed by atoms with Gasteiger partial charge in [0.05, 0.1) is 26.6 Å². The first-order valence-corrected chi connectivity index (χ1v) is 9.52. The van der Waals surface area contributed by atoms with Gasteiger partial charge in [-0.05, 0) is 72.5 Å². The van der Waals surface area contributed by atoms with Gasteiger partial charge in [-0.1, -0.05) is 0 Å². The highest BCUT2D eigenvalue weighted by molar-refractivity contribution is 5.83. The molecule has 2 N–H and O–H groups in total. The third-order valence-electron chi connectivity index (χ3n) is 4.10. The number of methoxy groups -OCH3 is 2. The van der Waals surface area contributed by atoms with Gasteiger partial charge in [0.25, 0.3) is 0 Å². The van der Waals surface area contributed by atoms with Crippen molar-refractivity contribution in [2.45, 2.75) is 25.7 Å². The lowest BCUT2D eigenvalue weighted by molar-refractivity contribution is -0.123. The zero-order chi connectivity index (χ0) is 21.6. The fourth-order valence-corrected chi connectivity index (χ4v) is 2.42. The number of carbonyl (C=O) groups is 2. The van der Waals surface area contributed by atoms with Crippen LogP contribution in [0, 0.1) is 0 Å². The maximum Gasteiger partial charge on any atom is 0.240 e. The van der Waals surface area contributed by atoms with Crippen molar-refractivity contribution in [3.05, 3.63) is 59.7 Å². The minimum Gasteiger partial charge on any atom is -0.497 e. The van der Waals surface area contributed by atoms with Crippen LogP contribution in [0.25, 0.3) is 0 Å². The van der Waals surface area contributed by atoms with Crippen LogP contribution in [-0.4, -0.2) is 38.5 Å². The number of carbonyl (C=O) groups excluding carboxylic acids is 2. The third kappa shape index (κ3) is 8.55. The fourth-order valence-electron chi connectivity index (χ4n) is 2.42. The Kier molecular flexibility index (Phi) is 9.58. The lowest BCUT2D eigenvalue weighted by Gasteiger charge is -2.02. The molecule has 0 saturated carbocycles. The van der Waals surface area contributed by atoms with Gasteiger partial charge in [-0.3, -0.25) is 9.59 Å². The summed E-state index contributed by atoms with van der Waals surface area (Å²) in [6.45, 7) is 0. The predicted molar refractivity (Wildman–Crippen MR) is 116 cm³/mol. The van der Waals surface area contributed by atoms with Crippen LogP contribution in [-0.2, 0) is 9.59 Å². The van der Waals surface area contributed by atoms with Gasteiger partial charge in [0.15, 0.2) is 0 Å². The second-order valence-corrected chi connectivity index (χ2v) is 6.34. The Morgan fingerprint density at radius 1 is 0.733 bits per heavy atom. The largest absolute Gasteiger partial charge is 0.497 e. The van der Waals surface area contributed by atoms with E-state index >= 15 is 0 Å². The van der Waals surface area contributed by atoms with Gasteiger partial charge in [0.1, 0.15) is 11.5 Å². The number of nitrogens with zero attached hydrogens (tertiary/aromatic N) is 2. The number of hydrogen-bond acceptors (Lipinski definition) is 6. The van der Waals surface area contributed by atoms with Crippen molar-refractivity contribution in [2.75, 3.05) is 14.2 Å². The quantitative estimate of drug-likeness (QED) is 0.338. The molecule has 8 heteroatoms. The fraction of sp³-hybridized carbons (Fsp3) is 0.273. The van der Waals surface area contributed by atoms with Gasteiger partial charge >= 0.3 is 0 Å². The molecule has 0 aliphatic rings. The van der Waals surface area contributed by atoms with E-state index in [2.05, 4.69) is 21.1 Å². The van der Waals surface area contributed by atoms with Crippen molar-refractivity contribution < 1.29 is 19.1 Å². The lowest BCUT2D eigenvalue weighted by atomic mass is 10.2. The molecular weight excluding hydrogens is 384 g/mol. The second-order valence-electron chi connectivity index (χ2n) is 6.34. The van der Waals surface area contributed by atoms with Gasteiger partial charge < -0.3 is 9.47 Å². The van der Waals surface area contributed by atoms with Gasteiger partial charge in [-0.2, -0.15) is 10.2 Å². The minimum atomic E-state index is -0.197. The van der Waals surface area contributed by atoms with Crippen molar-refractivity contribution in [3.8, 4) is 11.5 Å². The van der Waals surface area contributed by atoms with Crippen molar-refractivity contribution in [1.82, 2.24) is 10.9 Å². The highest BCUT2D eigenvalue weighted by Gasteiger charge is 2.03. The van der Waals surface area contributed by atoms with Crippen molar-refractivity contribution >= 4 is 24.2 Å². The van der Waals surface area contributed by atoms with Crippen LogP contribution in [0.4, 0.5) is 0 Å². The van der Waals surface area contributed by atoms with Crippen LogP contribution in [0.5, 0.6) is 11.5 Å². The molecule has 0 aromatic heterocycles. The Morgan fingerprint density at radius 2 is 1.10 bits per heavy atom. The first-order valence-electron chi connectivity index (χ1n) is 9.52. The normalized spacial score (nSPS) is 10.9. The highest BCUT2D eigenvalue weighted by atomic mass is 16.5. The second kappa shape index (κ2) is 12.7. The zero-order valence-corrected chi connectivity index (χ0v) is 17.1. The van der Waals surface area contributed by atoms with E-state index in [9.17, 15) is 9.59 Å². The van der Waals surface area contributed by atoms with E-state index in [1.54, 1.807) is 26.6 Å². The van der Waals surface area contributed by atoms with E-state index in [0.717, 1.165) is 22.6 Å². The summed E-state index contributed by atoms with van der Waals surface area (Å²) in [6, 6.07) is 14.6. The Morgan fingerprint density at radius 3 is 1.43 bits per heavy atom. The Bertz CT molecular complexity index is 788. The number of unbranched alkanes of at least 4 members (excludes halogenated alkanes) is 1. The number of hydrazone groups is 2. The van der Waals surface area contributed by atoms with E-state index in [0.29, 0.717) is 25.7 Å². The number of benzene rings is 2. The van der Waals surface area contributed by atoms with Crippen LogP contribution in [0.2, 0.25) is 0 Å². The number of hydrogen-bond donors (Lipinski definition) is 2. The van der Waals surface area contributed by atoms with E-state index in [-0.39, 0.29) is 11.8 Å². The monoisotopic (exact) mass is 410 g/mol. The molecule has 8 nitrogen and oxygen atoms in total. The van der Waals surface area contributed by atoms with Gasteiger partial charge in [0, 0.05) is 12.8 Å². The van der Waals surface area contributed by atoms with E-state index < -0.39 is 0 Å². The highest BCUT2D eigenvalue weighted by Crippen LogP contribution is 2.10. The Balaban J connectivity index is 1.58. The molecular formula is C22H26N4O4. The maximum atomic E-state index is 11.8. The molecule has 0 fully saturated rings. The molecule has 2 aromatic rings. The van der Waals surface area contributed by atoms with Gasteiger partial charge in [-0.15, -0.1) is 0 Å². The molecule has 0 aliphatic heterocycles. The molecule has 0 radical (unpaired) electrons. The van der Waals surface area contributed by atoms with E-state index in [1.807, 2.05) is 48.5 Å². The summed E-state index contributed by atoms with van der Waals surface area (Å²) in [7, 11) is 3.20. The average Bonchev–Trinajstić information content (AvgIpc) is 2.77. The van der Waals surface area contributed by atoms with E-state index in [4.69, 9.17) is 9.47 Å². The molecule has 2 aromatic carbocycles. The molecule has 0 aliphatic carbocycles. The van der Waals surface area contributed by atoms with Crippen LogP contribution in [0.15, 0.2) is 58.7 Å². The van der Waals surface area contributed by atoms with Crippen molar-refractivity contribution in [2.24, 2.45) is 10.2 Å². The standard InChI is InChI=1S/C22H26N4O4/c1-29-19-11-7-17(8-12-19)15-23-25-21(27)5-3-4-6-22(28)26-24-16-18-9-13-20(30-2)14-10-18/h7-16H,3-6H2,1-2H3,(H,25,27)(H,26,28)/b23-15-,24-16?. The van der Waals surface area contributed by atoms with Crippen LogP contribution in [0.1, 0.15) is 36.8 Å². The summed E-state index contributed by atoms with van der Waals surface area (Å²) in [5.41, 5.74) is 6.65. The first kappa shape index (κ1) is 22.6. The molecule has 2 amide bonds. The molecule has 0 heterocycles. The Hall–Kier alpha value is -3.68. The van der Waals surface area contributed by atoms with Crippen molar-refractivity contribution in [1.29, 1.82) is 0 Å². The average molecular weight is 410 g/mol. The summed E-state index contributed by atoms with van der Waals surface area (Å²) in [5.74, 6) is 1.12. The first-order chi connectivity index (χ1) is 14.6. The summed E-state index contributed by atoms with van der Waals surface area (Å²) in [6.07, 6.45) is 4.88. The summed E-state index contributed by atoms with van der Waals surface area (Å²) >= 11 is 0. The molecule has 2 rings (SSSR count). The number of amides is 2. The SMILES string of the molecule is COc1ccc(C=NNC(=O)CCCCC(=O)N/N=C\c2ccc(OC)cc2)cc1. The molecule has 0 unspecified atom stereocenters. The molecule has 0 spiro atoms. The maximum absolute atomic E-state index is 11.8. The topological polar surface area (TPSA) is 101 Å². The number of rotatable bonds is 11. The van der Waals surface area contributed by atoms with Crippen LogP contribution in [0.3, 0.4) is 0 Å². The van der Waals surface area contributed by atoms with Crippen LogP contribution >= 0.6 is 0 Å². The van der Waals surface area contributed by atoms with Crippen LogP contribution < -0.4 is 20.3 Å². The zero-order valence-electron chi connectivity index (χ0n) is 17.1. The number of ether oxygens (including phenoxy) is 2.